The van der Waals surface area contributed by atoms with Gasteiger partial charge in [0.15, 0.2) is 0 Å². The third kappa shape index (κ3) is 54.9. The Labute approximate surface area is 419 Å². The number of carbonyl (C=O) groups is 1. The van der Waals surface area contributed by atoms with E-state index in [2.05, 4.69) is 67.8 Å². The third-order valence-electron chi connectivity index (χ3n) is 13.7. The van der Waals surface area contributed by atoms with E-state index in [1.54, 1.807) is 6.08 Å². The Morgan fingerprint density at radius 3 is 0.955 bits per heavy atom. The molecule has 0 aliphatic heterocycles. The molecule has 4 heteroatoms. The van der Waals surface area contributed by atoms with Crippen molar-refractivity contribution in [2.75, 3.05) is 6.61 Å². The molecule has 2 unspecified atom stereocenters. The highest BCUT2D eigenvalue weighted by molar-refractivity contribution is 5.76. The zero-order valence-electron chi connectivity index (χ0n) is 45.2. The smallest absolute Gasteiger partial charge is 0.220 e. The van der Waals surface area contributed by atoms with Crippen LogP contribution in [0.2, 0.25) is 0 Å². The van der Waals surface area contributed by atoms with Crippen LogP contribution in [0.1, 0.15) is 316 Å². The van der Waals surface area contributed by atoms with Gasteiger partial charge >= 0.3 is 0 Å². The predicted octanol–water partition coefficient (Wildman–Crippen LogP) is 20.0. The summed E-state index contributed by atoms with van der Waals surface area (Å²) in [6, 6.07) is -0.648. The maximum atomic E-state index is 12.5. The molecular formula is C63H117NO3. The number of carbonyl (C=O) groups excluding carboxylic acids is 1. The molecule has 4 nitrogen and oxygen atoms in total. The van der Waals surface area contributed by atoms with Crippen molar-refractivity contribution < 1.29 is 15.0 Å². The van der Waals surface area contributed by atoms with Crippen molar-refractivity contribution in [2.24, 2.45) is 0 Å². The van der Waals surface area contributed by atoms with Gasteiger partial charge in [-0.15, -0.1) is 0 Å². The summed E-state index contributed by atoms with van der Waals surface area (Å²) in [7, 11) is 0. The SMILES string of the molecule is CCCCCCC/C=C\C/C=C\CCCCCCCCCCCCCCCCCCCC(=O)NC(CO)C(O)/C=C/CC/C=C/CC/C=C/CCCCCCCCCCCCCCCCCC. The number of amides is 1. The molecule has 0 rings (SSSR count). The first kappa shape index (κ1) is 65.1. The van der Waals surface area contributed by atoms with Gasteiger partial charge < -0.3 is 15.5 Å². The Balaban J connectivity index is 3.53. The van der Waals surface area contributed by atoms with Gasteiger partial charge in [-0.25, -0.2) is 0 Å². The molecule has 392 valence electrons. The van der Waals surface area contributed by atoms with Gasteiger partial charge in [-0.1, -0.05) is 293 Å². The third-order valence-corrected chi connectivity index (χ3v) is 13.7. The van der Waals surface area contributed by atoms with E-state index in [1.165, 1.54) is 250 Å². The van der Waals surface area contributed by atoms with E-state index in [1.807, 2.05) is 6.08 Å². The molecule has 0 bridgehead atoms. The van der Waals surface area contributed by atoms with Gasteiger partial charge in [0.25, 0.3) is 0 Å². The van der Waals surface area contributed by atoms with Crippen molar-refractivity contribution in [1.82, 2.24) is 5.32 Å². The Morgan fingerprint density at radius 1 is 0.358 bits per heavy atom. The normalized spacial score (nSPS) is 13.2. The van der Waals surface area contributed by atoms with Gasteiger partial charge in [-0.3, -0.25) is 4.79 Å². The molecule has 0 aliphatic carbocycles. The topological polar surface area (TPSA) is 69.6 Å². The van der Waals surface area contributed by atoms with E-state index in [0.717, 1.165) is 44.9 Å². The van der Waals surface area contributed by atoms with Crippen LogP contribution >= 0.6 is 0 Å². The van der Waals surface area contributed by atoms with Gasteiger partial charge in [0.05, 0.1) is 18.8 Å². The molecule has 0 saturated heterocycles. The number of rotatable bonds is 55. The molecule has 0 spiro atoms. The van der Waals surface area contributed by atoms with Crippen LogP contribution in [-0.2, 0) is 4.79 Å². The lowest BCUT2D eigenvalue weighted by molar-refractivity contribution is -0.123. The van der Waals surface area contributed by atoms with Crippen molar-refractivity contribution >= 4 is 5.91 Å². The highest BCUT2D eigenvalue weighted by Gasteiger charge is 2.18. The van der Waals surface area contributed by atoms with Crippen LogP contribution in [0.4, 0.5) is 0 Å². The number of aliphatic hydroxyl groups is 2. The summed E-state index contributed by atoms with van der Waals surface area (Å²) in [5.74, 6) is -0.0746. The van der Waals surface area contributed by atoms with Crippen molar-refractivity contribution in [3.63, 3.8) is 0 Å². The average Bonchev–Trinajstić information content (AvgIpc) is 3.33. The molecule has 0 aliphatic rings. The predicted molar refractivity (Wildman–Crippen MR) is 299 cm³/mol. The number of hydrogen-bond acceptors (Lipinski definition) is 3. The first-order chi connectivity index (χ1) is 33.2. The number of aliphatic hydroxyl groups excluding tert-OH is 2. The standard InChI is InChI=1S/C63H117NO3/c1-3-5-7-9-11-13-15-17-19-21-23-25-27-29-31-32-33-35-37-39-41-43-45-47-49-51-53-55-57-59-63(67)64-61(60-65)62(66)58-56-54-52-50-48-46-44-42-40-38-36-34-30-28-26-24-22-20-18-16-14-12-10-8-6-4-2/h15,17,21,23,40,42,48,50,56,58,61-62,65-66H,3-14,16,18-20,22,24-39,41,43-47,49,51-55,57,59-60H2,1-2H3,(H,64,67)/b17-15-,23-21-,42-40+,50-48+,58-56+. The minimum Gasteiger partial charge on any atom is -0.394 e. The fourth-order valence-corrected chi connectivity index (χ4v) is 9.13. The van der Waals surface area contributed by atoms with Crippen LogP contribution in [-0.4, -0.2) is 34.9 Å². The Bertz CT molecular complexity index is 1110. The lowest BCUT2D eigenvalue weighted by Gasteiger charge is -2.19. The van der Waals surface area contributed by atoms with E-state index in [-0.39, 0.29) is 12.5 Å². The average molecular weight is 937 g/mol. The summed E-state index contributed by atoms with van der Waals surface area (Å²) < 4.78 is 0. The fraction of sp³-hybridized carbons (Fsp3) is 0.825. The van der Waals surface area contributed by atoms with E-state index in [9.17, 15) is 15.0 Å². The molecular weight excluding hydrogens is 819 g/mol. The summed E-state index contributed by atoms with van der Waals surface area (Å²) in [5, 5.41) is 23.2. The molecule has 1 amide bonds. The lowest BCUT2D eigenvalue weighted by Crippen LogP contribution is -2.45. The van der Waals surface area contributed by atoms with Crippen LogP contribution in [0, 0.1) is 0 Å². The van der Waals surface area contributed by atoms with E-state index < -0.39 is 12.1 Å². The minimum atomic E-state index is -0.872. The fourth-order valence-electron chi connectivity index (χ4n) is 9.13. The Kier molecular flexibility index (Phi) is 56.7. The largest absolute Gasteiger partial charge is 0.394 e. The van der Waals surface area contributed by atoms with Crippen LogP contribution in [0.5, 0.6) is 0 Å². The summed E-state index contributed by atoms with van der Waals surface area (Å²) >= 11 is 0. The first-order valence-corrected chi connectivity index (χ1v) is 30.0. The zero-order valence-corrected chi connectivity index (χ0v) is 45.2. The van der Waals surface area contributed by atoms with Crippen LogP contribution in [0.15, 0.2) is 60.8 Å². The molecule has 0 aromatic carbocycles. The summed E-state index contributed by atoms with van der Waals surface area (Å²) in [6.07, 6.45) is 82.6. The van der Waals surface area contributed by atoms with Gasteiger partial charge in [0.2, 0.25) is 5.91 Å². The second-order valence-corrected chi connectivity index (χ2v) is 20.4. The highest BCUT2D eigenvalue weighted by Crippen LogP contribution is 2.17. The summed E-state index contributed by atoms with van der Waals surface area (Å²) in [4.78, 5) is 12.5. The number of unbranched alkanes of at least 4 members (excludes halogenated alkanes) is 40. The molecule has 0 radical (unpaired) electrons. The first-order valence-electron chi connectivity index (χ1n) is 30.0. The number of allylic oxidation sites excluding steroid dienone is 9. The minimum absolute atomic E-state index is 0.0746. The Morgan fingerprint density at radius 2 is 0.627 bits per heavy atom. The van der Waals surface area contributed by atoms with Crippen LogP contribution in [0.3, 0.4) is 0 Å². The van der Waals surface area contributed by atoms with Gasteiger partial charge in [-0.05, 0) is 77.0 Å². The number of nitrogens with one attached hydrogen (secondary N) is 1. The van der Waals surface area contributed by atoms with Crippen molar-refractivity contribution in [3.05, 3.63) is 60.8 Å². The second-order valence-electron chi connectivity index (χ2n) is 20.4. The van der Waals surface area contributed by atoms with Crippen molar-refractivity contribution in [3.8, 4) is 0 Å². The van der Waals surface area contributed by atoms with Gasteiger partial charge in [0, 0.05) is 6.42 Å². The van der Waals surface area contributed by atoms with Crippen LogP contribution in [0.25, 0.3) is 0 Å². The van der Waals surface area contributed by atoms with Crippen molar-refractivity contribution in [1.29, 1.82) is 0 Å². The Hall–Kier alpha value is -1.91. The molecule has 0 saturated carbocycles. The molecule has 0 aromatic heterocycles. The maximum absolute atomic E-state index is 12.5. The zero-order chi connectivity index (χ0) is 48.5. The van der Waals surface area contributed by atoms with Gasteiger partial charge in [-0.2, -0.15) is 0 Å². The summed E-state index contributed by atoms with van der Waals surface area (Å²) in [5.41, 5.74) is 0. The van der Waals surface area contributed by atoms with E-state index in [0.29, 0.717) is 6.42 Å². The molecule has 0 aromatic rings. The lowest BCUT2D eigenvalue weighted by atomic mass is 10.0. The van der Waals surface area contributed by atoms with E-state index >= 15 is 0 Å². The molecule has 67 heavy (non-hydrogen) atoms. The maximum Gasteiger partial charge on any atom is 0.220 e. The molecule has 2 atom stereocenters. The second kappa shape index (κ2) is 58.4. The van der Waals surface area contributed by atoms with Crippen LogP contribution < -0.4 is 5.32 Å². The quantitative estimate of drug-likeness (QED) is 0.0420. The molecule has 0 heterocycles. The van der Waals surface area contributed by atoms with Crippen molar-refractivity contribution in [2.45, 2.75) is 328 Å². The summed E-state index contributed by atoms with van der Waals surface area (Å²) in [6.45, 7) is 4.31. The van der Waals surface area contributed by atoms with Gasteiger partial charge in [0.1, 0.15) is 0 Å². The number of hydrogen-bond donors (Lipinski definition) is 3. The molecule has 3 N–H and O–H groups in total. The molecule has 0 fully saturated rings. The highest BCUT2D eigenvalue weighted by atomic mass is 16.3. The van der Waals surface area contributed by atoms with E-state index in [4.69, 9.17) is 0 Å². The monoisotopic (exact) mass is 936 g/mol.